The van der Waals surface area contributed by atoms with Gasteiger partial charge in [0, 0.05) is 0 Å². The molecule has 0 amide bonds. The summed E-state index contributed by atoms with van der Waals surface area (Å²) in [6, 6.07) is 45.3. The first-order valence-corrected chi connectivity index (χ1v) is 21.1. The standard InChI is InChI=1S/C40H38Si2/c1-27-37(31-15-9-7-10-16-31)35-21-13-19-33(39(35)41(27,3)4)29-23-25-30(26-24-29)34-20-14-22-36-38(32-17-11-8-12-18-32)28(2)42(5,6)40(34)36/h7-26H,1-6H3. The van der Waals surface area contributed by atoms with E-state index in [1.165, 1.54) is 55.7 Å². The molecule has 0 nitrogen and oxygen atoms in total. The lowest BCUT2D eigenvalue weighted by Crippen LogP contribution is -2.42. The molecule has 5 aromatic rings. The smallest absolute Gasteiger partial charge is 0.0708 e. The highest BCUT2D eigenvalue weighted by Crippen LogP contribution is 2.42. The zero-order valence-corrected chi connectivity index (χ0v) is 27.5. The van der Waals surface area contributed by atoms with Crippen LogP contribution in [0.3, 0.4) is 0 Å². The molecule has 0 N–H and O–H groups in total. The average Bonchev–Trinajstić information content (AvgIpc) is 3.35. The zero-order chi connectivity index (χ0) is 29.2. The lowest BCUT2D eigenvalue weighted by atomic mass is 9.92. The van der Waals surface area contributed by atoms with Gasteiger partial charge in [-0.05, 0) is 79.9 Å². The van der Waals surface area contributed by atoms with Gasteiger partial charge in [-0.2, -0.15) is 0 Å². The highest BCUT2D eigenvalue weighted by Gasteiger charge is 2.41. The molecule has 0 fully saturated rings. The molecule has 0 aliphatic carbocycles. The summed E-state index contributed by atoms with van der Waals surface area (Å²) >= 11 is 0. The molecule has 2 heterocycles. The average molecular weight is 575 g/mol. The van der Waals surface area contributed by atoms with E-state index in [9.17, 15) is 0 Å². The van der Waals surface area contributed by atoms with Crippen LogP contribution >= 0.6 is 0 Å². The minimum atomic E-state index is -1.82. The number of hydrogen-bond acceptors (Lipinski definition) is 0. The number of allylic oxidation sites excluding steroid dienone is 2. The van der Waals surface area contributed by atoms with E-state index in [0.29, 0.717) is 0 Å². The molecule has 42 heavy (non-hydrogen) atoms. The van der Waals surface area contributed by atoms with Crippen molar-refractivity contribution in [3.8, 4) is 22.3 Å². The van der Waals surface area contributed by atoms with Crippen molar-refractivity contribution in [2.75, 3.05) is 0 Å². The first-order valence-electron chi connectivity index (χ1n) is 15.1. The molecule has 0 saturated carbocycles. The highest BCUT2D eigenvalue weighted by atomic mass is 28.3. The fourth-order valence-corrected chi connectivity index (χ4v) is 13.7. The fourth-order valence-electron chi connectivity index (χ4n) is 7.54. The molecule has 0 bridgehead atoms. The van der Waals surface area contributed by atoms with Gasteiger partial charge in [-0.15, -0.1) is 0 Å². The van der Waals surface area contributed by atoms with Crippen molar-refractivity contribution in [3.63, 3.8) is 0 Å². The summed E-state index contributed by atoms with van der Waals surface area (Å²) in [5.41, 5.74) is 13.9. The molecule has 2 aliphatic heterocycles. The van der Waals surface area contributed by atoms with Gasteiger partial charge in [-0.25, -0.2) is 0 Å². The lowest BCUT2D eigenvalue weighted by molar-refractivity contribution is 1.53. The van der Waals surface area contributed by atoms with Gasteiger partial charge in [0.1, 0.15) is 16.1 Å². The van der Waals surface area contributed by atoms with Crippen LogP contribution in [0, 0.1) is 0 Å². The topological polar surface area (TPSA) is 0 Å². The van der Waals surface area contributed by atoms with E-state index in [4.69, 9.17) is 0 Å². The molecule has 2 heteroatoms. The van der Waals surface area contributed by atoms with Crippen LogP contribution < -0.4 is 10.4 Å². The first-order chi connectivity index (χ1) is 20.2. The molecule has 0 atom stereocenters. The summed E-state index contributed by atoms with van der Waals surface area (Å²) in [5, 5.41) is 6.32. The molecule has 0 spiro atoms. The van der Waals surface area contributed by atoms with Gasteiger partial charge in [0.2, 0.25) is 0 Å². The van der Waals surface area contributed by atoms with E-state index in [-0.39, 0.29) is 0 Å². The maximum absolute atomic E-state index is 2.52. The maximum Gasteiger partial charge on any atom is 0.109 e. The molecule has 7 rings (SSSR count). The van der Waals surface area contributed by atoms with Gasteiger partial charge in [-0.3, -0.25) is 0 Å². The number of hydrogen-bond donors (Lipinski definition) is 0. The number of rotatable bonds is 4. The summed E-state index contributed by atoms with van der Waals surface area (Å²) in [6.07, 6.45) is 0. The van der Waals surface area contributed by atoms with Crippen molar-refractivity contribution in [1.82, 2.24) is 0 Å². The molecule has 2 aliphatic rings. The van der Waals surface area contributed by atoms with E-state index in [2.05, 4.69) is 161 Å². The number of fused-ring (bicyclic) bond motifs is 2. The lowest BCUT2D eigenvalue weighted by Gasteiger charge is -2.24. The van der Waals surface area contributed by atoms with Gasteiger partial charge in [0.15, 0.2) is 0 Å². The minimum absolute atomic E-state index is 1.32. The second-order valence-electron chi connectivity index (χ2n) is 13.0. The molecule has 5 aromatic carbocycles. The number of benzene rings is 5. The second-order valence-corrected chi connectivity index (χ2v) is 22.0. The van der Waals surface area contributed by atoms with Gasteiger partial charge in [0.25, 0.3) is 0 Å². The summed E-state index contributed by atoms with van der Waals surface area (Å²) in [4.78, 5) is 0. The third-order valence-corrected chi connectivity index (χ3v) is 18.0. The van der Waals surface area contributed by atoms with Gasteiger partial charge in [0.05, 0.1) is 0 Å². The fraction of sp³-hybridized carbons (Fsp3) is 0.150. The second kappa shape index (κ2) is 9.79. The SMILES string of the molecule is CC1=C(c2ccccc2)c2cccc(-c3ccc(-c4cccc5c4[Si](C)(C)C(C)=C5c4ccccc4)cc3)c2[Si]1(C)C. The monoisotopic (exact) mass is 574 g/mol. The van der Waals surface area contributed by atoms with Crippen LogP contribution in [0.2, 0.25) is 26.2 Å². The summed E-state index contributed by atoms with van der Waals surface area (Å²) in [5.74, 6) is 0. The maximum atomic E-state index is 2.52. The quantitative estimate of drug-likeness (QED) is 0.188. The Balaban J connectivity index is 1.32. The Hall–Kier alpha value is -3.99. The van der Waals surface area contributed by atoms with Crippen LogP contribution in [-0.2, 0) is 0 Å². The Morgan fingerprint density at radius 3 is 1.02 bits per heavy atom. The van der Waals surface area contributed by atoms with Crippen LogP contribution in [0.4, 0.5) is 0 Å². The van der Waals surface area contributed by atoms with Gasteiger partial charge in [-0.1, -0.05) is 158 Å². The minimum Gasteiger partial charge on any atom is -0.0708 e. The van der Waals surface area contributed by atoms with Crippen LogP contribution in [0.5, 0.6) is 0 Å². The third kappa shape index (κ3) is 3.93. The summed E-state index contributed by atoms with van der Waals surface area (Å²) in [7, 11) is -3.63. The van der Waals surface area contributed by atoms with Crippen LogP contribution in [0.1, 0.15) is 36.1 Å². The molecule has 0 saturated heterocycles. The molecule has 206 valence electrons. The molecule has 0 radical (unpaired) electrons. The Labute approximate surface area is 253 Å². The van der Waals surface area contributed by atoms with E-state index in [1.807, 2.05) is 0 Å². The van der Waals surface area contributed by atoms with Crippen LogP contribution in [0.15, 0.2) is 132 Å². The van der Waals surface area contributed by atoms with E-state index < -0.39 is 16.1 Å². The van der Waals surface area contributed by atoms with Crippen LogP contribution in [0.25, 0.3) is 33.4 Å². The predicted molar refractivity (Wildman–Crippen MR) is 188 cm³/mol. The molecule has 0 aromatic heterocycles. The normalized spacial score (nSPS) is 16.5. The summed E-state index contributed by atoms with van der Waals surface area (Å²) < 4.78 is 0. The first kappa shape index (κ1) is 26.9. The van der Waals surface area contributed by atoms with Crippen LogP contribution in [-0.4, -0.2) is 16.1 Å². The summed E-state index contributed by atoms with van der Waals surface area (Å²) in [6.45, 7) is 14.8. The largest absolute Gasteiger partial charge is 0.109 e. The Morgan fingerprint density at radius 2 is 0.667 bits per heavy atom. The molecular weight excluding hydrogens is 537 g/mol. The van der Waals surface area contributed by atoms with Crippen molar-refractivity contribution in [2.45, 2.75) is 40.0 Å². The zero-order valence-electron chi connectivity index (χ0n) is 25.5. The predicted octanol–water partition coefficient (Wildman–Crippen LogP) is 9.60. The Morgan fingerprint density at radius 1 is 0.333 bits per heavy atom. The van der Waals surface area contributed by atoms with E-state index >= 15 is 0 Å². The molecular formula is C40H38Si2. The molecule has 0 unspecified atom stereocenters. The third-order valence-electron chi connectivity index (χ3n) is 10.2. The Bertz CT molecular complexity index is 1760. The Kier molecular flexibility index (Phi) is 6.27. The van der Waals surface area contributed by atoms with Crippen molar-refractivity contribution in [1.29, 1.82) is 0 Å². The van der Waals surface area contributed by atoms with Crippen molar-refractivity contribution >= 4 is 37.7 Å². The van der Waals surface area contributed by atoms with E-state index in [0.717, 1.165) is 0 Å². The highest BCUT2D eigenvalue weighted by molar-refractivity contribution is 7.00. The van der Waals surface area contributed by atoms with Gasteiger partial charge < -0.3 is 0 Å². The van der Waals surface area contributed by atoms with Crippen molar-refractivity contribution in [3.05, 3.63) is 154 Å². The van der Waals surface area contributed by atoms with Crippen molar-refractivity contribution < 1.29 is 0 Å². The van der Waals surface area contributed by atoms with Crippen molar-refractivity contribution in [2.24, 2.45) is 0 Å². The van der Waals surface area contributed by atoms with E-state index in [1.54, 1.807) is 20.8 Å². The van der Waals surface area contributed by atoms with Gasteiger partial charge >= 0.3 is 0 Å².